The highest BCUT2D eigenvalue weighted by atomic mass is 32.1. The number of imidazole rings is 1. The number of anilines is 1. The van der Waals surface area contributed by atoms with E-state index in [1.165, 1.54) is 30.5 Å². The van der Waals surface area contributed by atoms with E-state index in [-0.39, 0.29) is 11.9 Å². The minimum absolute atomic E-state index is 0.0362. The fraction of sp³-hybridized carbons (Fsp3) is 0.450. The maximum absolute atomic E-state index is 13.4. The lowest BCUT2D eigenvalue weighted by molar-refractivity contribution is 0.130. The Morgan fingerprint density at radius 1 is 1.25 bits per heavy atom. The summed E-state index contributed by atoms with van der Waals surface area (Å²) in [5, 5.41) is 8.68. The highest BCUT2D eigenvalue weighted by Crippen LogP contribution is 2.30. The number of ether oxygens (including phenoxy) is 1. The molecule has 0 saturated carbocycles. The molecule has 0 bridgehead atoms. The zero-order valence-corrected chi connectivity index (χ0v) is 18.3. The summed E-state index contributed by atoms with van der Waals surface area (Å²) in [7, 11) is 0. The smallest absolute Gasteiger partial charge is 0.324 e. The van der Waals surface area contributed by atoms with Gasteiger partial charge in [-0.1, -0.05) is 5.16 Å². The van der Waals surface area contributed by atoms with Gasteiger partial charge in [0.15, 0.2) is 6.17 Å². The van der Waals surface area contributed by atoms with Crippen LogP contribution < -0.4 is 9.64 Å². The maximum atomic E-state index is 13.4. The van der Waals surface area contributed by atoms with E-state index in [9.17, 15) is 8.78 Å². The molecule has 0 aliphatic carbocycles. The van der Waals surface area contributed by atoms with Gasteiger partial charge in [-0.25, -0.2) is 18.9 Å². The number of rotatable bonds is 6. The quantitative estimate of drug-likeness (QED) is 0.396. The van der Waals surface area contributed by atoms with E-state index in [1.807, 2.05) is 11.8 Å². The Kier molecular flexibility index (Phi) is 5.45. The van der Waals surface area contributed by atoms with E-state index >= 15 is 0 Å². The van der Waals surface area contributed by atoms with Gasteiger partial charge in [0.25, 0.3) is 5.19 Å². The molecule has 5 rings (SSSR count). The molecule has 1 aliphatic rings. The van der Waals surface area contributed by atoms with Gasteiger partial charge in [-0.2, -0.15) is 9.37 Å². The van der Waals surface area contributed by atoms with E-state index in [0.29, 0.717) is 33.3 Å². The fourth-order valence-corrected chi connectivity index (χ4v) is 4.58. The van der Waals surface area contributed by atoms with Crippen molar-refractivity contribution in [1.82, 2.24) is 29.7 Å². The van der Waals surface area contributed by atoms with Crippen molar-refractivity contribution in [3.05, 3.63) is 36.3 Å². The molecule has 4 aromatic rings. The summed E-state index contributed by atoms with van der Waals surface area (Å²) >= 11 is 1.34. The summed E-state index contributed by atoms with van der Waals surface area (Å²) in [5.41, 5.74) is 1.27. The third kappa shape index (κ3) is 4.14. The molecule has 4 aromatic heterocycles. The number of fused-ring (bicyclic) bond motifs is 1. The summed E-state index contributed by atoms with van der Waals surface area (Å²) < 4.78 is 39.6. The largest absolute Gasteiger partial charge is 0.466 e. The number of alkyl halides is 1. The molecule has 5 heterocycles. The molecule has 0 spiro atoms. The van der Waals surface area contributed by atoms with E-state index in [2.05, 4.69) is 25.2 Å². The van der Waals surface area contributed by atoms with Crippen LogP contribution in [0.15, 0.2) is 29.0 Å². The lowest BCUT2D eigenvalue weighted by atomic mass is 9.92. The molecule has 168 valence electrons. The molecule has 0 radical (unpaired) electrons. The van der Waals surface area contributed by atoms with Crippen LogP contribution in [0.3, 0.4) is 0 Å². The molecule has 0 N–H and O–H groups in total. The van der Waals surface area contributed by atoms with Crippen molar-refractivity contribution in [2.45, 2.75) is 39.0 Å². The van der Waals surface area contributed by atoms with Crippen molar-refractivity contribution in [3.63, 3.8) is 0 Å². The van der Waals surface area contributed by atoms with Gasteiger partial charge in [0.1, 0.15) is 6.10 Å². The molecule has 0 aromatic carbocycles. The van der Waals surface area contributed by atoms with E-state index < -0.39 is 12.1 Å². The van der Waals surface area contributed by atoms with E-state index in [1.54, 1.807) is 16.8 Å². The second-order valence-corrected chi connectivity index (χ2v) is 8.71. The average molecular weight is 461 g/mol. The van der Waals surface area contributed by atoms with Crippen LogP contribution >= 0.6 is 11.3 Å². The number of hydrogen-bond acceptors (Lipinski definition) is 9. The Morgan fingerprint density at radius 2 is 2.06 bits per heavy atom. The summed E-state index contributed by atoms with van der Waals surface area (Å²) in [5.74, 6) is -0.141. The number of hydrogen-bond donors (Lipinski definition) is 0. The van der Waals surface area contributed by atoms with Crippen LogP contribution in [-0.2, 0) is 0 Å². The molecule has 2 atom stereocenters. The fourth-order valence-electron chi connectivity index (χ4n) is 3.76. The first kappa shape index (κ1) is 20.7. The Bertz CT molecular complexity index is 1180. The maximum Gasteiger partial charge on any atom is 0.324 e. The highest BCUT2D eigenvalue weighted by Gasteiger charge is 2.28. The van der Waals surface area contributed by atoms with Gasteiger partial charge in [-0.3, -0.25) is 0 Å². The molecule has 32 heavy (non-hydrogen) atoms. The molecule has 1 fully saturated rings. The minimum Gasteiger partial charge on any atom is -0.466 e. The topological polar surface area (TPSA) is 94.5 Å². The lowest BCUT2D eigenvalue weighted by Gasteiger charge is -2.33. The summed E-state index contributed by atoms with van der Waals surface area (Å²) in [4.78, 5) is 14.8. The Morgan fingerprint density at radius 3 is 2.75 bits per heavy atom. The number of pyridine rings is 1. The lowest BCUT2D eigenvalue weighted by Crippen LogP contribution is -2.38. The van der Waals surface area contributed by atoms with E-state index in [0.717, 1.165) is 25.9 Å². The Labute approximate surface area is 186 Å². The molecule has 9 nitrogen and oxygen atoms in total. The number of halogens is 2. The van der Waals surface area contributed by atoms with Crippen molar-refractivity contribution < 1.29 is 18.0 Å². The van der Waals surface area contributed by atoms with E-state index in [4.69, 9.17) is 9.26 Å². The van der Waals surface area contributed by atoms with Gasteiger partial charge in [0.05, 0.1) is 11.9 Å². The third-order valence-electron chi connectivity index (χ3n) is 5.59. The van der Waals surface area contributed by atoms with Crippen molar-refractivity contribution in [1.29, 1.82) is 0 Å². The van der Waals surface area contributed by atoms with Gasteiger partial charge < -0.3 is 14.2 Å². The first-order valence-corrected chi connectivity index (χ1v) is 11.2. The minimum atomic E-state index is -1.25. The number of aromatic nitrogens is 6. The zero-order chi connectivity index (χ0) is 22.2. The highest BCUT2D eigenvalue weighted by molar-refractivity contribution is 7.18. The molecular weight excluding hydrogens is 440 g/mol. The predicted octanol–water partition coefficient (Wildman–Crippen LogP) is 4.09. The molecule has 12 heteroatoms. The standard InChI is InChI=1S/C20H21F2N7O2S/c1-11(21)17-25-18(31-27-17)28-7-4-13(5-8-28)12(2)30-20-26-29-10-15(24-19(29)32-20)14-3-6-23-16(22)9-14/h3,6,9-13H,4-5,7-8H2,1-2H3. The summed E-state index contributed by atoms with van der Waals surface area (Å²) in [6.07, 6.45) is 3.62. The Hall–Kier alpha value is -3.15. The van der Waals surface area contributed by atoms with Gasteiger partial charge in [0.2, 0.25) is 16.7 Å². The first-order valence-electron chi connectivity index (χ1n) is 10.3. The van der Waals surface area contributed by atoms with Crippen molar-refractivity contribution >= 4 is 22.3 Å². The third-order valence-corrected chi connectivity index (χ3v) is 6.41. The van der Waals surface area contributed by atoms with Gasteiger partial charge in [-0.15, -0.1) is 5.10 Å². The normalized spacial score (nSPS) is 17.1. The molecule has 2 unspecified atom stereocenters. The first-order chi connectivity index (χ1) is 15.5. The van der Waals surface area contributed by atoms with Crippen LogP contribution in [0.25, 0.3) is 16.2 Å². The van der Waals surface area contributed by atoms with Crippen LogP contribution in [0.4, 0.5) is 14.8 Å². The van der Waals surface area contributed by atoms with Crippen LogP contribution in [-0.4, -0.2) is 48.9 Å². The summed E-state index contributed by atoms with van der Waals surface area (Å²) in [6.45, 7) is 4.88. The second-order valence-electron chi connectivity index (χ2n) is 7.79. The number of nitrogens with zero attached hydrogens (tertiary/aromatic N) is 7. The predicted molar refractivity (Wildman–Crippen MR) is 113 cm³/mol. The van der Waals surface area contributed by atoms with Gasteiger partial charge in [-0.05, 0) is 50.0 Å². The molecule has 1 saturated heterocycles. The van der Waals surface area contributed by atoms with Crippen LogP contribution in [0, 0.1) is 11.9 Å². The molecule has 0 amide bonds. The van der Waals surface area contributed by atoms with Crippen LogP contribution in [0.1, 0.15) is 38.7 Å². The zero-order valence-electron chi connectivity index (χ0n) is 17.5. The van der Waals surface area contributed by atoms with Gasteiger partial charge >= 0.3 is 6.01 Å². The van der Waals surface area contributed by atoms with Crippen LogP contribution in [0.2, 0.25) is 0 Å². The van der Waals surface area contributed by atoms with Crippen molar-refractivity contribution in [3.8, 4) is 16.5 Å². The van der Waals surface area contributed by atoms with Gasteiger partial charge in [0, 0.05) is 30.9 Å². The van der Waals surface area contributed by atoms with Crippen LogP contribution in [0.5, 0.6) is 5.19 Å². The second kappa shape index (κ2) is 8.41. The molecular formula is C20H21F2N7O2S. The monoisotopic (exact) mass is 461 g/mol. The average Bonchev–Trinajstić information content (AvgIpc) is 3.49. The Balaban J connectivity index is 1.19. The molecule has 1 aliphatic heterocycles. The summed E-state index contributed by atoms with van der Waals surface area (Å²) in [6, 6.07) is 3.41. The van der Waals surface area contributed by atoms with Crippen molar-refractivity contribution in [2.24, 2.45) is 5.92 Å². The number of piperidine rings is 1. The van der Waals surface area contributed by atoms with Crippen molar-refractivity contribution in [2.75, 3.05) is 18.0 Å². The SMILES string of the molecule is CC(F)c1noc(N2CCC(C(C)Oc3nn4cc(-c5ccnc(F)c5)nc4s3)CC2)n1.